The van der Waals surface area contributed by atoms with Gasteiger partial charge in [0.1, 0.15) is 0 Å². The van der Waals surface area contributed by atoms with E-state index in [-0.39, 0.29) is 16.4 Å². The summed E-state index contributed by atoms with van der Waals surface area (Å²) in [7, 11) is -1.13. The zero-order valence-corrected chi connectivity index (χ0v) is 12.9. The number of benzene rings is 1. The van der Waals surface area contributed by atoms with E-state index in [2.05, 4.69) is 4.72 Å². The number of hydrogen-bond acceptors (Lipinski definition) is 2. The molecule has 0 saturated heterocycles. The topological polar surface area (TPSA) is 66.4 Å². The quantitative estimate of drug-likeness (QED) is 0.877. The summed E-state index contributed by atoms with van der Waals surface area (Å²) in [4.78, 5) is 10.9. The summed E-state index contributed by atoms with van der Waals surface area (Å²) in [5.74, 6) is -0.428. The van der Waals surface area contributed by atoms with Crippen molar-refractivity contribution in [2.24, 2.45) is 5.92 Å². The Hall–Kier alpha value is -1.20. The molecule has 0 spiro atoms. The molecule has 20 heavy (non-hydrogen) atoms. The van der Waals surface area contributed by atoms with Crippen LogP contribution in [0.15, 0.2) is 24.3 Å². The van der Waals surface area contributed by atoms with Crippen LogP contribution in [0, 0.1) is 5.92 Å². The third-order valence-corrected chi connectivity index (χ3v) is 4.98. The summed E-state index contributed by atoms with van der Waals surface area (Å²) >= 11 is 0. The first-order valence-corrected chi connectivity index (χ1v) is 7.95. The van der Waals surface area contributed by atoms with Gasteiger partial charge in [-0.05, 0) is 57.2 Å². The van der Waals surface area contributed by atoms with Crippen molar-refractivity contribution in [3.05, 3.63) is 35.4 Å². The van der Waals surface area contributed by atoms with Crippen LogP contribution >= 0.6 is 0 Å². The fourth-order valence-electron chi connectivity index (χ4n) is 1.99. The first kappa shape index (κ1) is 15.2. The average molecular weight is 295 g/mol. The molecule has 2 N–H and O–H groups in total. The van der Waals surface area contributed by atoms with E-state index in [0.29, 0.717) is 5.92 Å². The highest BCUT2D eigenvalue weighted by molar-refractivity contribution is 7.84. The number of carbonyl (C=O) groups is 1. The summed E-state index contributed by atoms with van der Waals surface area (Å²) in [6.45, 7) is 5.81. The van der Waals surface area contributed by atoms with Gasteiger partial charge in [-0.1, -0.05) is 12.1 Å². The molecule has 4 nitrogen and oxygen atoms in total. The van der Waals surface area contributed by atoms with Crippen molar-refractivity contribution in [2.75, 3.05) is 0 Å². The molecule has 1 aliphatic rings. The number of hydrogen-bond donors (Lipinski definition) is 2. The molecule has 0 aliphatic heterocycles. The van der Waals surface area contributed by atoms with E-state index in [4.69, 9.17) is 5.11 Å². The minimum atomic E-state index is -1.13. The number of nitrogens with one attached hydrogen (secondary N) is 1. The van der Waals surface area contributed by atoms with Crippen molar-refractivity contribution in [3.8, 4) is 0 Å². The van der Waals surface area contributed by atoms with Gasteiger partial charge in [-0.15, -0.1) is 0 Å². The zero-order valence-electron chi connectivity index (χ0n) is 12.1. The third-order valence-electron chi connectivity index (χ3n) is 3.40. The molecule has 0 bridgehead atoms. The zero-order chi connectivity index (χ0) is 14.9. The monoisotopic (exact) mass is 295 g/mol. The van der Waals surface area contributed by atoms with Crippen molar-refractivity contribution in [3.63, 3.8) is 0 Å². The SMILES string of the molecule is CC(C)(C)S(=O)N[C@H](c1ccc(C(=O)O)cc1)C1CC1. The van der Waals surface area contributed by atoms with Gasteiger partial charge in [0.25, 0.3) is 0 Å². The summed E-state index contributed by atoms with van der Waals surface area (Å²) in [6.07, 6.45) is 2.25. The molecule has 0 aromatic heterocycles. The molecule has 0 radical (unpaired) electrons. The second-order valence-corrected chi connectivity index (χ2v) is 8.24. The van der Waals surface area contributed by atoms with Gasteiger partial charge in [0.05, 0.1) is 21.3 Å². The Morgan fingerprint density at radius 3 is 2.25 bits per heavy atom. The smallest absolute Gasteiger partial charge is 0.335 e. The predicted molar refractivity (Wildman–Crippen MR) is 79.9 cm³/mol. The summed E-state index contributed by atoms with van der Waals surface area (Å²) < 4.78 is 15.2. The lowest BCUT2D eigenvalue weighted by Crippen LogP contribution is -2.36. The number of carboxylic acids is 1. The van der Waals surface area contributed by atoms with E-state index in [1.54, 1.807) is 12.1 Å². The number of aromatic carboxylic acids is 1. The molecule has 1 saturated carbocycles. The molecule has 1 aromatic rings. The molecule has 5 heteroatoms. The molecular formula is C15H21NO3S. The van der Waals surface area contributed by atoms with Gasteiger partial charge in [-0.2, -0.15) is 0 Å². The van der Waals surface area contributed by atoms with Crippen LogP contribution in [0.3, 0.4) is 0 Å². The van der Waals surface area contributed by atoms with Gasteiger partial charge in [0.15, 0.2) is 0 Å². The fraction of sp³-hybridized carbons (Fsp3) is 0.533. The molecule has 1 aromatic carbocycles. The second kappa shape index (κ2) is 5.66. The van der Waals surface area contributed by atoms with Crippen LogP contribution < -0.4 is 4.72 Å². The Labute approximate surface area is 122 Å². The third kappa shape index (κ3) is 3.67. The Bertz CT molecular complexity index is 515. The van der Waals surface area contributed by atoms with Gasteiger partial charge in [0.2, 0.25) is 0 Å². The van der Waals surface area contributed by atoms with Crippen molar-refractivity contribution in [1.82, 2.24) is 4.72 Å². The fourth-order valence-corrected chi connectivity index (χ4v) is 2.90. The summed E-state index contributed by atoms with van der Waals surface area (Å²) in [5, 5.41) is 8.92. The molecule has 110 valence electrons. The highest BCUT2D eigenvalue weighted by Gasteiger charge is 2.35. The maximum absolute atomic E-state index is 12.3. The standard InChI is InChI=1S/C15H21NO3S/c1-15(2,3)20(19)16-13(10-4-5-10)11-6-8-12(9-7-11)14(17)18/h6-10,13,16H,4-5H2,1-3H3,(H,17,18)/t13-,20?/m0/s1. The maximum atomic E-state index is 12.3. The second-order valence-electron chi connectivity index (χ2n) is 6.24. The van der Waals surface area contributed by atoms with Crippen molar-refractivity contribution in [2.45, 2.75) is 44.4 Å². The van der Waals surface area contributed by atoms with Gasteiger partial charge in [-0.3, -0.25) is 0 Å². The lowest BCUT2D eigenvalue weighted by Gasteiger charge is -2.24. The first-order chi connectivity index (χ1) is 9.29. The van der Waals surface area contributed by atoms with Crippen molar-refractivity contribution < 1.29 is 14.1 Å². The molecule has 2 atom stereocenters. The van der Waals surface area contributed by atoms with Crippen LogP contribution in [-0.4, -0.2) is 20.0 Å². The molecule has 1 unspecified atom stereocenters. The van der Waals surface area contributed by atoms with E-state index in [0.717, 1.165) is 18.4 Å². The van der Waals surface area contributed by atoms with E-state index >= 15 is 0 Å². The summed E-state index contributed by atoms with van der Waals surface area (Å²) in [6, 6.07) is 6.89. The molecule has 1 fully saturated rings. The summed E-state index contributed by atoms with van der Waals surface area (Å²) in [5.41, 5.74) is 1.29. The highest BCUT2D eigenvalue weighted by atomic mass is 32.2. The Kier molecular flexibility index (Phi) is 4.30. The van der Waals surface area contributed by atoms with E-state index in [9.17, 15) is 9.00 Å². The minimum absolute atomic E-state index is 0.0397. The number of rotatable bonds is 5. The van der Waals surface area contributed by atoms with E-state index in [1.807, 2.05) is 32.9 Å². The molecule has 0 heterocycles. The molecular weight excluding hydrogens is 274 g/mol. The minimum Gasteiger partial charge on any atom is -0.478 e. The lowest BCUT2D eigenvalue weighted by atomic mass is 10.0. The molecule has 0 amide bonds. The van der Waals surface area contributed by atoms with Crippen LogP contribution in [-0.2, 0) is 11.0 Å². The maximum Gasteiger partial charge on any atom is 0.335 e. The van der Waals surface area contributed by atoms with Gasteiger partial charge in [-0.25, -0.2) is 13.7 Å². The van der Waals surface area contributed by atoms with E-state index in [1.165, 1.54) is 0 Å². The van der Waals surface area contributed by atoms with Gasteiger partial charge >= 0.3 is 5.97 Å². The number of carboxylic acid groups (broad SMARTS) is 1. The molecule has 2 rings (SSSR count). The predicted octanol–water partition coefficient (Wildman–Crippen LogP) is 2.89. The van der Waals surface area contributed by atoms with Crippen LogP contribution in [0.25, 0.3) is 0 Å². The normalized spacial score (nSPS) is 18.6. The van der Waals surface area contributed by atoms with Crippen LogP contribution in [0.1, 0.15) is 55.6 Å². The average Bonchev–Trinajstić information content (AvgIpc) is 3.18. The van der Waals surface area contributed by atoms with Crippen LogP contribution in [0.2, 0.25) is 0 Å². The van der Waals surface area contributed by atoms with Gasteiger partial charge in [0, 0.05) is 6.04 Å². The largest absolute Gasteiger partial charge is 0.478 e. The highest BCUT2D eigenvalue weighted by Crippen LogP contribution is 2.41. The lowest BCUT2D eigenvalue weighted by molar-refractivity contribution is 0.0697. The van der Waals surface area contributed by atoms with Crippen LogP contribution in [0.5, 0.6) is 0 Å². The van der Waals surface area contributed by atoms with Crippen molar-refractivity contribution >= 4 is 17.0 Å². The van der Waals surface area contributed by atoms with Gasteiger partial charge < -0.3 is 5.11 Å². The molecule has 1 aliphatic carbocycles. The van der Waals surface area contributed by atoms with Crippen molar-refractivity contribution in [1.29, 1.82) is 0 Å². The van der Waals surface area contributed by atoms with E-state index < -0.39 is 17.0 Å². The van der Waals surface area contributed by atoms with Crippen LogP contribution in [0.4, 0.5) is 0 Å². The first-order valence-electron chi connectivity index (χ1n) is 6.80. The Balaban J connectivity index is 2.17. The Morgan fingerprint density at radius 1 is 1.30 bits per heavy atom. The Morgan fingerprint density at radius 2 is 1.85 bits per heavy atom.